The summed E-state index contributed by atoms with van der Waals surface area (Å²) < 4.78 is 31.9. The van der Waals surface area contributed by atoms with E-state index in [9.17, 15) is 18.0 Å². The third-order valence-corrected chi connectivity index (χ3v) is 7.03. The molecule has 0 saturated heterocycles. The molecule has 1 N–H and O–H groups in total. The number of anilines is 3. The fraction of sp³-hybridized carbons (Fsp3) is 0.200. The van der Waals surface area contributed by atoms with Gasteiger partial charge in [0, 0.05) is 31.0 Å². The van der Waals surface area contributed by atoms with Gasteiger partial charge in [0.1, 0.15) is 0 Å². The van der Waals surface area contributed by atoms with Gasteiger partial charge < -0.3 is 10.1 Å². The summed E-state index contributed by atoms with van der Waals surface area (Å²) in [5.41, 5.74) is 2.95. The number of nitrogens with one attached hydrogen (secondary N) is 1. The molecule has 0 aromatic heterocycles. The molecule has 0 fully saturated rings. The van der Waals surface area contributed by atoms with Crippen LogP contribution in [0.4, 0.5) is 21.9 Å². The number of nitrogens with zero attached hydrogens (tertiary/aromatic N) is 2. The zero-order valence-corrected chi connectivity index (χ0v) is 20.3. The number of aryl methyl sites for hydroxylation is 1. The van der Waals surface area contributed by atoms with E-state index in [0.29, 0.717) is 22.6 Å². The molecule has 0 spiro atoms. The van der Waals surface area contributed by atoms with E-state index in [-0.39, 0.29) is 17.4 Å². The lowest BCUT2D eigenvalue weighted by atomic mass is 10.2. The summed E-state index contributed by atoms with van der Waals surface area (Å²) in [6, 6.07) is 19.7. The predicted molar refractivity (Wildman–Crippen MR) is 133 cm³/mol. The summed E-state index contributed by atoms with van der Waals surface area (Å²) >= 11 is 0. The molecule has 178 valence electrons. The van der Waals surface area contributed by atoms with Crippen molar-refractivity contribution in [2.24, 2.45) is 0 Å². The SMILES string of the molecule is CCOC(=O)N(C)c1ccc(NC(=O)c2ccc(N(C)S(=O)(=O)c3ccc(C)cc3)cc2)cc1. The van der Waals surface area contributed by atoms with Crippen molar-refractivity contribution < 1.29 is 22.7 Å². The summed E-state index contributed by atoms with van der Waals surface area (Å²) in [5.74, 6) is -0.345. The summed E-state index contributed by atoms with van der Waals surface area (Å²) in [4.78, 5) is 26.0. The van der Waals surface area contributed by atoms with Gasteiger partial charge in [-0.3, -0.25) is 14.0 Å². The maximum absolute atomic E-state index is 12.9. The predicted octanol–water partition coefficient (Wildman–Crippen LogP) is 4.67. The Morgan fingerprint density at radius 2 is 1.41 bits per heavy atom. The molecule has 3 rings (SSSR count). The maximum Gasteiger partial charge on any atom is 0.413 e. The molecule has 3 aromatic rings. The smallest absolute Gasteiger partial charge is 0.413 e. The standard InChI is InChI=1S/C25H27N3O5S/c1-5-33-25(30)27(3)21-14-10-20(11-15-21)26-24(29)19-8-12-22(13-9-19)28(4)34(31,32)23-16-6-18(2)7-17-23/h6-17H,5H2,1-4H3,(H,26,29). The second kappa shape index (κ2) is 10.4. The first-order valence-corrected chi connectivity index (χ1v) is 12.0. The Hall–Kier alpha value is -3.85. The molecular formula is C25H27N3O5S. The molecular weight excluding hydrogens is 454 g/mol. The minimum atomic E-state index is -3.72. The van der Waals surface area contributed by atoms with E-state index in [1.54, 1.807) is 86.8 Å². The summed E-state index contributed by atoms with van der Waals surface area (Å²) in [5, 5.41) is 2.78. The number of hydrogen-bond donors (Lipinski definition) is 1. The zero-order chi connectivity index (χ0) is 24.9. The molecule has 2 amide bonds. The van der Waals surface area contributed by atoms with Gasteiger partial charge in [-0.15, -0.1) is 0 Å². The highest BCUT2D eigenvalue weighted by Crippen LogP contribution is 2.23. The zero-order valence-electron chi connectivity index (χ0n) is 19.5. The average molecular weight is 482 g/mol. The summed E-state index contributed by atoms with van der Waals surface area (Å²) in [6.45, 7) is 3.90. The highest BCUT2D eigenvalue weighted by Gasteiger charge is 2.21. The van der Waals surface area contributed by atoms with Gasteiger partial charge in [0.2, 0.25) is 0 Å². The normalized spacial score (nSPS) is 10.9. The number of benzene rings is 3. The van der Waals surface area contributed by atoms with E-state index in [4.69, 9.17) is 4.74 Å². The van der Waals surface area contributed by atoms with Gasteiger partial charge in [0.15, 0.2) is 0 Å². The van der Waals surface area contributed by atoms with Gasteiger partial charge in [0.25, 0.3) is 15.9 Å². The second-order valence-electron chi connectivity index (χ2n) is 7.59. The Bertz CT molecular complexity index is 1260. The molecule has 0 aliphatic carbocycles. The number of hydrogen-bond acceptors (Lipinski definition) is 5. The lowest BCUT2D eigenvalue weighted by Gasteiger charge is -2.20. The molecule has 34 heavy (non-hydrogen) atoms. The molecule has 8 nitrogen and oxygen atoms in total. The molecule has 0 radical (unpaired) electrons. The first kappa shape index (κ1) is 24.8. The van der Waals surface area contributed by atoms with Crippen LogP contribution < -0.4 is 14.5 Å². The van der Waals surface area contributed by atoms with E-state index in [0.717, 1.165) is 5.56 Å². The average Bonchev–Trinajstić information content (AvgIpc) is 2.84. The van der Waals surface area contributed by atoms with Gasteiger partial charge >= 0.3 is 6.09 Å². The van der Waals surface area contributed by atoms with Crippen LogP contribution in [0.1, 0.15) is 22.8 Å². The van der Waals surface area contributed by atoms with E-state index >= 15 is 0 Å². The Morgan fingerprint density at radius 1 is 0.853 bits per heavy atom. The molecule has 0 unspecified atom stereocenters. The van der Waals surface area contributed by atoms with Gasteiger partial charge in [-0.05, 0) is 74.5 Å². The molecule has 3 aromatic carbocycles. The van der Waals surface area contributed by atoms with Crippen LogP contribution >= 0.6 is 0 Å². The van der Waals surface area contributed by atoms with Crippen molar-refractivity contribution in [3.05, 3.63) is 83.9 Å². The molecule has 0 heterocycles. The third kappa shape index (κ3) is 5.55. The van der Waals surface area contributed by atoms with Crippen molar-refractivity contribution >= 4 is 39.1 Å². The quantitative estimate of drug-likeness (QED) is 0.529. The van der Waals surface area contributed by atoms with Crippen LogP contribution in [0.15, 0.2) is 77.7 Å². The summed E-state index contributed by atoms with van der Waals surface area (Å²) in [7, 11) is -0.644. The first-order chi connectivity index (χ1) is 16.1. The fourth-order valence-electron chi connectivity index (χ4n) is 3.13. The van der Waals surface area contributed by atoms with E-state index in [1.807, 2.05) is 6.92 Å². The van der Waals surface area contributed by atoms with Crippen LogP contribution in [0.5, 0.6) is 0 Å². The molecule has 9 heteroatoms. The Balaban J connectivity index is 1.68. The number of carbonyl (C=O) groups is 2. The van der Waals surface area contributed by atoms with Crippen molar-refractivity contribution in [3.63, 3.8) is 0 Å². The van der Waals surface area contributed by atoms with Crippen LogP contribution in [0.3, 0.4) is 0 Å². The van der Waals surface area contributed by atoms with E-state index < -0.39 is 16.1 Å². The van der Waals surface area contributed by atoms with E-state index in [1.165, 1.54) is 16.3 Å². The molecule has 0 aliphatic heterocycles. The largest absolute Gasteiger partial charge is 0.449 e. The minimum Gasteiger partial charge on any atom is -0.449 e. The summed E-state index contributed by atoms with van der Waals surface area (Å²) in [6.07, 6.45) is -0.464. The molecule has 0 atom stereocenters. The van der Waals surface area contributed by atoms with Crippen molar-refractivity contribution in [1.29, 1.82) is 0 Å². The topological polar surface area (TPSA) is 96.0 Å². The van der Waals surface area contributed by atoms with Crippen molar-refractivity contribution in [2.45, 2.75) is 18.7 Å². The highest BCUT2D eigenvalue weighted by molar-refractivity contribution is 7.92. The van der Waals surface area contributed by atoms with Crippen LogP contribution in [-0.4, -0.2) is 41.1 Å². The second-order valence-corrected chi connectivity index (χ2v) is 9.56. The van der Waals surface area contributed by atoms with Gasteiger partial charge in [-0.25, -0.2) is 13.2 Å². The minimum absolute atomic E-state index is 0.194. The Morgan fingerprint density at radius 3 is 1.97 bits per heavy atom. The first-order valence-electron chi connectivity index (χ1n) is 10.6. The van der Waals surface area contributed by atoms with Crippen molar-refractivity contribution in [2.75, 3.05) is 35.2 Å². The number of ether oxygens (including phenoxy) is 1. The number of rotatable bonds is 7. The molecule has 0 saturated carbocycles. The van der Waals surface area contributed by atoms with Crippen LogP contribution in [-0.2, 0) is 14.8 Å². The lowest BCUT2D eigenvalue weighted by molar-refractivity contribution is 0.102. The Labute approximate surface area is 199 Å². The monoisotopic (exact) mass is 481 g/mol. The highest BCUT2D eigenvalue weighted by atomic mass is 32.2. The molecule has 0 bridgehead atoms. The van der Waals surface area contributed by atoms with Crippen LogP contribution in [0.25, 0.3) is 0 Å². The Kier molecular flexibility index (Phi) is 7.57. The van der Waals surface area contributed by atoms with Crippen molar-refractivity contribution in [1.82, 2.24) is 0 Å². The van der Waals surface area contributed by atoms with Crippen molar-refractivity contribution in [3.8, 4) is 0 Å². The third-order valence-electron chi connectivity index (χ3n) is 5.23. The number of sulfonamides is 1. The van der Waals surface area contributed by atoms with Gasteiger partial charge in [0.05, 0.1) is 17.2 Å². The fourth-order valence-corrected chi connectivity index (χ4v) is 4.32. The van der Waals surface area contributed by atoms with E-state index in [2.05, 4.69) is 5.32 Å². The van der Waals surface area contributed by atoms with Crippen LogP contribution in [0, 0.1) is 6.92 Å². The number of carbonyl (C=O) groups excluding carboxylic acids is 2. The maximum atomic E-state index is 12.9. The van der Waals surface area contributed by atoms with Gasteiger partial charge in [-0.2, -0.15) is 0 Å². The van der Waals surface area contributed by atoms with Gasteiger partial charge in [-0.1, -0.05) is 17.7 Å². The van der Waals surface area contributed by atoms with Crippen LogP contribution in [0.2, 0.25) is 0 Å². The number of amides is 2. The molecule has 0 aliphatic rings. The lowest BCUT2D eigenvalue weighted by Crippen LogP contribution is -2.27.